The number of ether oxygens (including phenoxy) is 1. The van der Waals surface area contributed by atoms with Crippen LogP contribution in [0.1, 0.15) is 28.2 Å². The Morgan fingerprint density at radius 3 is 3.08 bits per heavy atom. The summed E-state index contributed by atoms with van der Waals surface area (Å²) in [5.74, 6) is 0.222. The van der Waals surface area contributed by atoms with Crippen LogP contribution in [0.25, 0.3) is 11.5 Å². The number of hydrogen-bond donors (Lipinski definition) is 1. The second kappa shape index (κ2) is 6.48. The van der Waals surface area contributed by atoms with Gasteiger partial charge in [0.15, 0.2) is 6.61 Å². The van der Waals surface area contributed by atoms with Crippen LogP contribution < -0.4 is 5.32 Å². The zero-order valence-electron chi connectivity index (χ0n) is 13.0. The number of aryl methyl sites for hydroxylation is 1. The Labute approximate surface area is 146 Å². The smallest absolute Gasteiger partial charge is 0.338 e. The van der Waals surface area contributed by atoms with Gasteiger partial charge in [0.2, 0.25) is 11.7 Å². The van der Waals surface area contributed by atoms with Gasteiger partial charge >= 0.3 is 5.97 Å². The second-order valence-electron chi connectivity index (χ2n) is 5.52. The van der Waals surface area contributed by atoms with Crippen LogP contribution in [0.5, 0.6) is 0 Å². The van der Waals surface area contributed by atoms with E-state index in [1.165, 1.54) is 11.3 Å². The Kier molecular flexibility index (Phi) is 4.02. The average Bonchev–Trinajstić information content (AvgIpc) is 3.30. The lowest BCUT2D eigenvalue weighted by atomic mass is 10.0. The summed E-state index contributed by atoms with van der Waals surface area (Å²) in [5.41, 5.74) is 2.93. The predicted molar refractivity (Wildman–Crippen MR) is 90.1 cm³/mol. The number of hydrogen-bond acceptors (Lipinski definition) is 7. The lowest BCUT2D eigenvalue weighted by Crippen LogP contribution is -2.19. The lowest BCUT2D eigenvalue weighted by Gasteiger charge is -2.17. The number of carbonyl (C=O) groups is 2. The third-order valence-electron chi connectivity index (χ3n) is 3.81. The van der Waals surface area contributed by atoms with E-state index in [1.54, 1.807) is 18.2 Å². The van der Waals surface area contributed by atoms with Gasteiger partial charge in [0.05, 0.1) is 11.1 Å². The highest BCUT2D eigenvalue weighted by atomic mass is 32.1. The van der Waals surface area contributed by atoms with Crippen molar-refractivity contribution in [1.82, 2.24) is 10.1 Å². The van der Waals surface area contributed by atoms with Gasteiger partial charge in [0, 0.05) is 17.5 Å². The number of thiophene rings is 1. The van der Waals surface area contributed by atoms with E-state index in [0.717, 1.165) is 16.8 Å². The zero-order valence-corrected chi connectivity index (χ0v) is 13.8. The molecule has 1 N–H and O–H groups in total. The molecule has 1 amide bonds. The van der Waals surface area contributed by atoms with E-state index < -0.39 is 5.97 Å². The third-order valence-corrected chi connectivity index (χ3v) is 4.49. The van der Waals surface area contributed by atoms with Crippen LogP contribution in [0.15, 0.2) is 39.5 Å². The highest BCUT2D eigenvalue weighted by molar-refractivity contribution is 7.08. The Hall–Kier alpha value is -3.00. The number of amides is 1. The van der Waals surface area contributed by atoms with Crippen molar-refractivity contribution in [2.45, 2.75) is 19.4 Å². The van der Waals surface area contributed by atoms with E-state index in [0.29, 0.717) is 30.1 Å². The van der Waals surface area contributed by atoms with Crippen molar-refractivity contribution in [3.05, 3.63) is 52.0 Å². The van der Waals surface area contributed by atoms with Crippen LogP contribution in [-0.2, 0) is 22.6 Å². The topological polar surface area (TPSA) is 94.3 Å². The van der Waals surface area contributed by atoms with E-state index in [2.05, 4.69) is 15.5 Å². The van der Waals surface area contributed by atoms with Crippen molar-refractivity contribution < 1.29 is 18.8 Å². The third kappa shape index (κ3) is 3.29. The quantitative estimate of drug-likeness (QED) is 0.723. The second-order valence-corrected chi connectivity index (χ2v) is 6.30. The Balaban J connectivity index is 1.42. The molecule has 3 heterocycles. The lowest BCUT2D eigenvalue weighted by molar-refractivity contribution is -0.116. The maximum Gasteiger partial charge on any atom is 0.338 e. The molecule has 2 aromatic heterocycles. The summed E-state index contributed by atoms with van der Waals surface area (Å²) in [6.07, 6.45) is 1.02. The van der Waals surface area contributed by atoms with Crippen molar-refractivity contribution in [3.8, 4) is 11.5 Å². The van der Waals surface area contributed by atoms with E-state index >= 15 is 0 Å². The molecule has 126 valence electrons. The molecule has 0 atom stereocenters. The SMILES string of the molecule is O=C1CCc2cc(C(=O)OCc3noc(-c4ccsc4)n3)ccc2N1. The molecule has 0 saturated carbocycles. The fraction of sp³-hybridized carbons (Fsp3) is 0.176. The van der Waals surface area contributed by atoms with Gasteiger partial charge in [-0.2, -0.15) is 16.3 Å². The fourth-order valence-electron chi connectivity index (χ4n) is 2.54. The molecular formula is C17H13N3O4S. The Bertz CT molecular complexity index is 933. The van der Waals surface area contributed by atoms with E-state index in [9.17, 15) is 9.59 Å². The monoisotopic (exact) mass is 355 g/mol. The summed E-state index contributed by atoms with van der Waals surface area (Å²) in [7, 11) is 0. The van der Waals surface area contributed by atoms with Gasteiger partial charge in [0.25, 0.3) is 5.89 Å². The first-order valence-corrected chi connectivity index (χ1v) is 8.58. The highest BCUT2D eigenvalue weighted by Crippen LogP contribution is 2.24. The molecule has 1 aromatic carbocycles. The summed E-state index contributed by atoms with van der Waals surface area (Å²) in [4.78, 5) is 27.8. The van der Waals surface area contributed by atoms with Crippen LogP contribution >= 0.6 is 11.3 Å². The van der Waals surface area contributed by atoms with Crippen molar-refractivity contribution in [2.75, 3.05) is 5.32 Å². The number of fused-ring (bicyclic) bond motifs is 1. The summed E-state index contributed by atoms with van der Waals surface area (Å²) >= 11 is 1.53. The van der Waals surface area contributed by atoms with Crippen LogP contribution in [-0.4, -0.2) is 22.0 Å². The van der Waals surface area contributed by atoms with Crippen molar-refractivity contribution in [1.29, 1.82) is 0 Å². The van der Waals surface area contributed by atoms with Crippen LogP contribution in [0.2, 0.25) is 0 Å². The predicted octanol–water partition coefficient (Wildman–Crippen LogP) is 3.04. The number of esters is 1. The number of anilines is 1. The molecule has 0 saturated heterocycles. The molecule has 1 aliphatic rings. The molecule has 1 aliphatic heterocycles. The van der Waals surface area contributed by atoms with E-state index in [1.807, 2.05) is 16.8 Å². The molecule has 0 aliphatic carbocycles. The van der Waals surface area contributed by atoms with Gasteiger partial charge in [-0.05, 0) is 41.6 Å². The van der Waals surface area contributed by atoms with E-state index in [-0.39, 0.29) is 12.5 Å². The molecule has 0 spiro atoms. The van der Waals surface area contributed by atoms with Gasteiger partial charge in [0.1, 0.15) is 0 Å². The first-order chi connectivity index (χ1) is 12.2. The molecule has 0 unspecified atom stereocenters. The van der Waals surface area contributed by atoms with Crippen molar-refractivity contribution in [2.24, 2.45) is 0 Å². The number of carbonyl (C=O) groups excluding carboxylic acids is 2. The number of benzene rings is 1. The maximum absolute atomic E-state index is 12.2. The first-order valence-electron chi connectivity index (χ1n) is 7.64. The number of aromatic nitrogens is 2. The molecule has 4 rings (SSSR count). The van der Waals surface area contributed by atoms with Crippen LogP contribution in [0, 0.1) is 0 Å². The fourth-order valence-corrected chi connectivity index (χ4v) is 3.17. The minimum absolute atomic E-state index is 0.0126. The van der Waals surface area contributed by atoms with Gasteiger partial charge in [-0.25, -0.2) is 4.79 Å². The van der Waals surface area contributed by atoms with E-state index in [4.69, 9.17) is 9.26 Å². The summed E-state index contributed by atoms with van der Waals surface area (Å²) in [6, 6.07) is 6.95. The molecule has 25 heavy (non-hydrogen) atoms. The standard InChI is InChI=1S/C17H13N3O4S/c21-15-4-2-10-7-11(1-3-13(10)18-15)17(22)23-8-14-19-16(24-20-14)12-5-6-25-9-12/h1,3,5-7,9H,2,4,8H2,(H,18,21). The van der Waals surface area contributed by atoms with Gasteiger partial charge in [-0.3, -0.25) is 4.79 Å². The number of nitrogens with zero attached hydrogens (tertiary/aromatic N) is 2. The summed E-state index contributed by atoms with van der Waals surface area (Å²) in [5, 5.41) is 10.4. The largest absolute Gasteiger partial charge is 0.454 e. The minimum atomic E-state index is -0.471. The van der Waals surface area contributed by atoms with Gasteiger partial charge in [-0.15, -0.1) is 0 Å². The minimum Gasteiger partial charge on any atom is -0.454 e. The summed E-state index contributed by atoms with van der Waals surface area (Å²) < 4.78 is 10.4. The first kappa shape index (κ1) is 15.5. The van der Waals surface area contributed by atoms with Gasteiger partial charge in [-0.1, -0.05) is 5.16 Å². The molecule has 0 fully saturated rings. The zero-order chi connectivity index (χ0) is 17.2. The molecular weight excluding hydrogens is 342 g/mol. The summed E-state index contributed by atoms with van der Waals surface area (Å²) in [6.45, 7) is -0.0692. The van der Waals surface area contributed by atoms with Crippen molar-refractivity contribution >= 4 is 28.9 Å². The Morgan fingerprint density at radius 1 is 1.32 bits per heavy atom. The van der Waals surface area contributed by atoms with Gasteiger partial charge < -0.3 is 14.6 Å². The molecule has 8 heteroatoms. The molecule has 0 radical (unpaired) electrons. The van der Waals surface area contributed by atoms with Crippen LogP contribution in [0.3, 0.4) is 0 Å². The maximum atomic E-state index is 12.2. The number of rotatable bonds is 4. The molecule has 3 aromatic rings. The number of nitrogens with one attached hydrogen (secondary N) is 1. The molecule has 7 nitrogen and oxygen atoms in total. The molecule has 0 bridgehead atoms. The van der Waals surface area contributed by atoms with Crippen molar-refractivity contribution in [3.63, 3.8) is 0 Å². The van der Waals surface area contributed by atoms with Crippen LogP contribution in [0.4, 0.5) is 5.69 Å². The normalized spacial score (nSPS) is 13.2. The highest BCUT2D eigenvalue weighted by Gasteiger charge is 2.18. The average molecular weight is 355 g/mol. The Morgan fingerprint density at radius 2 is 2.24 bits per heavy atom.